The molecule has 2 fully saturated rings. The van der Waals surface area contributed by atoms with Crippen LogP contribution in [0.15, 0.2) is 42.7 Å². The molecule has 5 rings (SSSR count). The molecular formula is C23H25N3O4. The first-order valence-corrected chi connectivity index (χ1v) is 10.5. The molecule has 1 aromatic carbocycles. The zero-order valence-electron chi connectivity index (χ0n) is 16.8. The highest BCUT2D eigenvalue weighted by molar-refractivity contribution is 5.80. The smallest absolute Gasteiger partial charge is 0.231 e. The van der Waals surface area contributed by atoms with Crippen LogP contribution < -0.4 is 9.47 Å². The summed E-state index contributed by atoms with van der Waals surface area (Å²) in [6, 6.07) is 9.78. The number of carbonyl (C=O) groups is 2. The van der Waals surface area contributed by atoms with E-state index in [0.29, 0.717) is 44.1 Å². The quantitative estimate of drug-likeness (QED) is 0.778. The van der Waals surface area contributed by atoms with Crippen molar-refractivity contribution < 1.29 is 19.1 Å². The number of hydrogen-bond donors (Lipinski definition) is 0. The number of pyridine rings is 1. The Morgan fingerprint density at radius 1 is 1.13 bits per heavy atom. The van der Waals surface area contributed by atoms with Crippen LogP contribution in [0.1, 0.15) is 30.4 Å². The summed E-state index contributed by atoms with van der Waals surface area (Å²) in [6.45, 7) is 2.22. The number of ether oxygens (including phenoxy) is 2. The van der Waals surface area contributed by atoms with E-state index in [1.54, 1.807) is 6.20 Å². The monoisotopic (exact) mass is 407 g/mol. The Morgan fingerprint density at radius 3 is 2.90 bits per heavy atom. The number of rotatable bonds is 4. The second-order valence-corrected chi connectivity index (χ2v) is 8.24. The molecule has 2 atom stereocenters. The van der Waals surface area contributed by atoms with Crippen LogP contribution in [-0.4, -0.2) is 52.5 Å². The van der Waals surface area contributed by atoms with Crippen LogP contribution >= 0.6 is 0 Å². The predicted octanol–water partition coefficient (Wildman–Crippen LogP) is 2.39. The average molecular weight is 407 g/mol. The van der Waals surface area contributed by atoms with Crippen LogP contribution in [0.3, 0.4) is 0 Å². The third kappa shape index (κ3) is 3.72. The van der Waals surface area contributed by atoms with Gasteiger partial charge in [-0.2, -0.15) is 0 Å². The lowest BCUT2D eigenvalue weighted by molar-refractivity contribution is -0.144. The van der Waals surface area contributed by atoms with Crippen LogP contribution in [0.25, 0.3) is 0 Å². The van der Waals surface area contributed by atoms with E-state index >= 15 is 0 Å². The predicted molar refractivity (Wildman–Crippen MR) is 109 cm³/mol. The average Bonchev–Trinajstić information content (AvgIpc) is 3.24. The first-order valence-electron chi connectivity index (χ1n) is 10.5. The lowest BCUT2D eigenvalue weighted by Crippen LogP contribution is -2.56. The number of benzene rings is 1. The van der Waals surface area contributed by atoms with Gasteiger partial charge in [0.25, 0.3) is 0 Å². The summed E-state index contributed by atoms with van der Waals surface area (Å²) in [5, 5.41) is 0. The summed E-state index contributed by atoms with van der Waals surface area (Å²) in [6.07, 6.45) is 6.14. The fourth-order valence-corrected chi connectivity index (χ4v) is 4.81. The first kappa shape index (κ1) is 18.9. The Kier molecular flexibility index (Phi) is 5.02. The molecule has 0 aliphatic carbocycles. The molecule has 2 amide bonds. The summed E-state index contributed by atoms with van der Waals surface area (Å²) in [4.78, 5) is 33.7. The second kappa shape index (κ2) is 7.97. The molecule has 30 heavy (non-hydrogen) atoms. The topological polar surface area (TPSA) is 72.0 Å². The summed E-state index contributed by atoms with van der Waals surface area (Å²) in [5.74, 6) is 2.10. The highest BCUT2D eigenvalue weighted by Gasteiger charge is 2.40. The minimum absolute atomic E-state index is 0.128. The maximum Gasteiger partial charge on any atom is 0.231 e. The van der Waals surface area contributed by atoms with Crippen molar-refractivity contribution in [3.05, 3.63) is 53.9 Å². The molecule has 0 saturated carbocycles. The number of amides is 2. The van der Waals surface area contributed by atoms with E-state index in [-0.39, 0.29) is 24.6 Å². The van der Waals surface area contributed by atoms with Gasteiger partial charge in [0.2, 0.25) is 18.6 Å². The fraction of sp³-hybridized carbons (Fsp3) is 0.435. The zero-order chi connectivity index (χ0) is 20.5. The molecule has 0 spiro atoms. The van der Waals surface area contributed by atoms with Crippen molar-refractivity contribution in [1.29, 1.82) is 0 Å². The Balaban J connectivity index is 1.23. The van der Waals surface area contributed by atoms with Crippen molar-refractivity contribution in [3.63, 3.8) is 0 Å². The van der Waals surface area contributed by atoms with Crippen LogP contribution in [0, 0.1) is 5.92 Å². The Hall–Kier alpha value is -3.09. The van der Waals surface area contributed by atoms with Gasteiger partial charge in [-0.25, -0.2) is 0 Å². The van der Waals surface area contributed by atoms with Gasteiger partial charge in [0.15, 0.2) is 11.5 Å². The largest absolute Gasteiger partial charge is 0.454 e. The summed E-state index contributed by atoms with van der Waals surface area (Å²) < 4.78 is 10.8. The van der Waals surface area contributed by atoms with Gasteiger partial charge in [0.1, 0.15) is 0 Å². The summed E-state index contributed by atoms with van der Waals surface area (Å²) >= 11 is 0. The van der Waals surface area contributed by atoms with Gasteiger partial charge in [-0.15, -0.1) is 0 Å². The Morgan fingerprint density at radius 2 is 2.03 bits per heavy atom. The van der Waals surface area contributed by atoms with Crippen LogP contribution in [0.4, 0.5) is 0 Å². The van der Waals surface area contributed by atoms with E-state index in [0.717, 1.165) is 29.7 Å². The highest BCUT2D eigenvalue weighted by Crippen LogP contribution is 2.34. The van der Waals surface area contributed by atoms with E-state index in [4.69, 9.17) is 9.47 Å². The van der Waals surface area contributed by atoms with Gasteiger partial charge in [-0.05, 0) is 48.1 Å². The van der Waals surface area contributed by atoms with Crippen molar-refractivity contribution in [2.45, 2.75) is 38.3 Å². The highest BCUT2D eigenvalue weighted by atomic mass is 16.7. The molecule has 2 saturated heterocycles. The molecule has 2 aromatic rings. The minimum atomic E-state index is 0.128. The van der Waals surface area contributed by atoms with Crippen molar-refractivity contribution in [2.75, 3.05) is 19.9 Å². The van der Waals surface area contributed by atoms with E-state index < -0.39 is 0 Å². The molecule has 3 aliphatic heterocycles. The first-order chi connectivity index (χ1) is 14.7. The molecule has 1 aromatic heterocycles. The standard InChI is InChI=1S/C23H25N3O4/c27-22-6-4-18-14-25(9-7-19(18)26(22)13-17-2-1-8-24-12-17)23(28)11-16-3-5-20-21(10-16)30-15-29-20/h1-3,5,8,10,12,18-19H,4,6-7,9,11,13-15H2/t18-,19+/m1/s1. The molecule has 3 aliphatic rings. The van der Waals surface area contributed by atoms with E-state index in [2.05, 4.69) is 4.98 Å². The molecule has 7 heteroatoms. The molecule has 0 radical (unpaired) electrons. The van der Waals surface area contributed by atoms with Gasteiger partial charge in [-0.1, -0.05) is 12.1 Å². The molecule has 7 nitrogen and oxygen atoms in total. The molecule has 0 bridgehead atoms. The molecule has 0 unspecified atom stereocenters. The number of fused-ring (bicyclic) bond motifs is 2. The molecule has 0 N–H and O–H groups in total. The number of hydrogen-bond acceptors (Lipinski definition) is 5. The van der Waals surface area contributed by atoms with E-state index in [9.17, 15) is 9.59 Å². The molecule has 156 valence electrons. The van der Waals surface area contributed by atoms with E-state index in [1.165, 1.54) is 0 Å². The van der Waals surface area contributed by atoms with Crippen LogP contribution in [0.5, 0.6) is 11.5 Å². The molecule has 4 heterocycles. The van der Waals surface area contributed by atoms with E-state index in [1.807, 2.05) is 46.3 Å². The van der Waals surface area contributed by atoms with Gasteiger partial charge in [0.05, 0.1) is 6.42 Å². The number of carbonyl (C=O) groups excluding carboxylic acids is 2. The maximum atomic E-state index is 12.9. The maximum absolute atomic E-state index is 12.9. The lowest BCUT2D eigenvalue weighted by Gasteiger charge is -2.47. The van der Waals surface area contributed by atoms with Crippen LogP contribution in [0.2, 0.25) is 0 Å². The zero-order valence-corrected chi connectivity index (χ0v) is 16.8. The minimum Gasteiger partial charge on any atom is -0.454 e. The lowest BCUT2D eigenvalue weighted by atomic mass is 9.83. The van der Waals surface area contributed by atoms with Crippen LogP contribution in [-0.2, 0) is 22.6 Å². The van der Waals surface area contributed by atoms with Gasteiger partial charge in [0, 0.05) is 44.5 Å². The number of aromatic nitrogens is 1. The van der Waals surface area contributed by atoms with Crippen molar-refractivity contribution in [3.8, 4) is 11.5 Å². The van der Waals surface area contributed by atoms with Crippen molar-refractivity contribution in [2.24, 2.45) is 5.92 Å². The third-order valence-corrected chi connectivity index (χ3v) is 6.36. The normalized spacial score (nSPS) is 22.7. The van der Waals surface area contributed by atoms with Gasteiger partial charge in [-0.3, -0.25) is 14.6 Å². The van der Waals surface area contributed by atoms with Gasteiger partial charge < -0.3 is 19.3 Å². The third-order valence-electron chi connectivity index (χ3n) is 6.36. The fourth-order valence-electron chi connectivity index (χ4n) is 4.81. The second-order valence-electron chi connectivity index (χ2n) is 8.24. The summed E-state index contributed by atoms with van der Waals surface area (Å²) in [5.41, 5.74) is 1.98. The van der Waals surface area contributed by atoms with Gasteiger partial charge >= 0.3 is 0 Å². The van der Waals surface area contributed by atoms with Crippen molar-refractivity contribution in [1.82, 2.24) is 14.8 Å². The SMILES string of the molecule is O=C(Cc1ccc2c(c1)OCO2)N1CC[C@H]2[C@H](CCC(=O)N2Cc2cccnc2)C1. The Labute approximate surface area is 175 Å². The summed E-state index contributed by atoms with van der Waals surface area (Å²) in [7, 11) is 0. The number of likely N-dealkylation sites (tertiary alicyclic amines) is 2. The number of nitrogens with zero attached hydrogens (tertiary/aromatic N) is 3. The molecular weight excluding hydrogens is 382 g/mol. The number of piperidine rings is 2. The Bertz CT molecular complexity index is 949. The van der Waals surface area contributed by atoms with Crippen molar-refractivity contribution >= 4 is 11.8 Å².